The molecule has 0 bridgehead atoms. The Balaban J connectivity index is 4.91. The average molecular weight is 240 g/mol. The summed E-state index contributed by atoms with van der Waals surface area (Å²) >= 11 is 0. The predicted molar refractivity (Wildman–Crippen MR) is 65.5 cm³/mol. The van der Waals surface area contributed by atoms with E-state index in [1.165, 1.54) is 6.92 Å². The fourth-order valence-corrected chi connectivity index (χ4v) is 1.38. The van der Waals surface area contributed by atoms with Crippen molar-refractivity contribution in [3.8, 4) is 0 Å². The van der Waals surface area contributed by atoms with Crippen LogP contribution in [0.1, 0.15) is 27.7 Å². The number of carboxylic acids is 1. The van der Waals surface area contributed by atoms with Crippen molar-refractivity contribution < 1.29 is 19.4 Å². The number of carboxylic acid groups (broad SMARTS) is 1. The van der Waals surface area contributed by atoms with Crippen molar-refractivity contribution in [3.63, 3.8) is 0 Å². The largest absolute Gasteiger partial charge is 0.478 e. The van der Waals surface area contributed by atoms with Gasteiger partial charge < -0.3 is 9.84 Å². The van der Waals surface area contributed by atoms with Crippen LogP contribution in [0.3, 0.4) is 0 Å². The first-order chi connectivity index (χ1) is 7.93. The van der Waals surface area contributed by atoms with Crippen LogP contribution < -0.4 is 0 Å². The molecule has 0 aliphatic rings. The Bertz CT molecular complexity index is 328. The van der Waals surface area contributed by atoms with Gasteiger partial charge in [-0.05, 0) is 20.8 Å². The van der Waals surface area contributed by atoms with Crippen LogP contribution in [0, 0.1) is 11.8 Å². The summed E-state index contributed by atoms with van der Waals surface area (Å²) in [4.78, 5) is 22.3. The van der Waals surface area contributed by atoms with E-state index in [1.807, 2.05) is 6.92 Å². The smallest absolute Gasteiger partial charge is 0.330 e. The molecule has 0 fully saturated rings. The maximum atomic E-state index is 11.6. The third-order valence-corrected chi connectivity index (χ3v) is 2.43. The van der Waals surface area contributed by atoms with Crippen molar-refractivity contribution >= 4 is 11.9 Å². The van der Waals surface area contributed by atoms with Crippen molar-refractivity contribution in [2.75, 3.05) is 6.61 Å². The van der Waals surface area contributed by atoms with Gasteiger partial charge in [0.05, 0.1) is 12.5 Å². The molecule has 0 aromatic carbocycles. The lowest BCUT2D eigenvalue weighted by Gasteiger charge is -2.16. The van der Waals surface area contributed by atoms with Crippen LogP contribution in [0.5, 0.6) is 0 Å². The normalized spacial score (nSPS) is 15.6. The zero-order valence-corrected chi connectivity index (χ0v) is 10.8. The van der Waals surface area contributed by atoms with E-state index in [2.05, 4.69) is 0 Å². The fraction of sp³-hybridized carbons (Fsp3) is 0.538. The predicted octanol–water partition coefficient (Wildman–Crippen LogP) is 2.41. The number of ether oxygens (including phenoxy) is 1. The lowest BCUT2D eigenvalue weighted by molar-refractivity contribution is -0.148. The maximum absolute atomic E-state index is 11.6. The Morgan fingerprint density at radius 1 is 1.41 bits per heavy atom. The van der Waals surface area contributed by atoms with Crippen LogP contribution >= 0.6 is 0 Å². The SMILES string of the molecule is CC=CC(C=C(C)C(=O)O)C(C)C(=O)OCC. The average Bonchev–Trinajstić information content (AvgIpc) is 2.27. The monoisotopic (exact) mass is 240 g/mol. The van der Waals surface area contributed by atoms with Gasteiger partial charge in [0.2, 0.25) is 0 Å². The minimum absolute atomic E-state index is 0.226. The van der Waals surface area contributed by atoms with E-state index >= 15 is 0 Å². The summed E-state index contributed by atoms with van der Waals surface area (Å²) in [5.74, 6) is -1.93. The third kappa shape index (κ3) is 5.33. The molecule has 4 nitrogen and oxygen atoms in total. The Labute approximate surface area is 102 Å². The first-order valence-electron chi connectivity index (χ1n) is 5.65. The number of carbonyl (C=O) groups is 2. The Morgan fingerprint density at radius 2 is 2.00 bits per heavy atom. The summed E-state index contributed by atoms with van der Waals surface area (Å²) in [6, 6.07) is 0. The molecule has 2 unspecified atom stereocenters. The Morgan fingerprint density at radius 3 is 2.41 bits per heavy atom. The van der Waals surface area contributed by atoms with E-state index in [9.17, 15) is 9.59 Å². The van der Waals surface area contributed by atoms with Gasteiger partial charge in [-0.25, -0.2) is 4.79 Å². The van der Waals surface area contributed by atoms with Crippen LogP contribution in [0.15, 0.2) is 23.8 Å². The molecule has 0 rings (SSSR count). The Kier molecular flexibility index (Phi) is 6.94. The summed E-state index contributed by atoms with van der Waals surface area (Å²) < 4.78 is 4.92. The van der Waals surface area contributed by atoms with Gasteiger partial charge in [-0.1, -0.05) is 25.2 Å². The maximum Gasteiger partial charge on any atom is 0.330 e. The first kappa shape index (κ1) is 15.4. The highest BCUT2D eigenvalue weighted by molar-refractivity contribution is 5.86. The molecule has 96 valence electrons. The number of esters is 1. The van der Waals surface area contributed by atoms with Crippen molar-refractivity contribution in [2.24, 2.45) is 11.8 Å². The molecule has 2 atom stereocenters. The molecule has 0 heterocycles. The number of allylic oxidation sites excluding steroid dienone is 3. The quantitative estimate of drug-likeness (QED) is 0.440. The molecule has 0 amide bonds. The van der Waals surface area contributed by atoms with E-state index < -0.39 is 5.97 Å². The molecule has 0 saturated heterocycles. The molecule has 0 aliphatic heterocycles. The first-order valence-corrected chi connectivity index (χ1v) is 5.65. The molecule has 0 aromatic heterocycles. The topological polar surface area (TPSA) is 63.6 Å². The summed E-state index contributed by atoms with van der Waals surface area (Å²) in [5.41, 5.74) is 0.226. The second kappa shape index (κ2) is 7.65. The van der Waals surface area contributed by atoms with Crippen molar-refractivity contribution in [3.05, 3.63) is 23.8 Å². The lowest BCUT2D eigenvalue weighted by Crippen LogP contribution is -2.21. The summed E-state index contributed by atoms with van der Waals surface area (Å²) in [6.07, 6.45) is 5.17. The van der Waals surface area contributed by atoms with E-state index in [0.717, 1.165) is 0 Å². The number of aliphatic carboxylic acids is 1. The highest BCUT2D eigenvalue weighted by Gasteiger charge is 2.22. The van der Waals surface area contributed by atoms with Gasteiger partial charge in [0.1, 0.15) is 0 Å². The molecule has 0 radical (unpaired) electrons. The van der Waals surface area contributed by atoms with Gasteiger partial charge in [-0.15, -0.1) is 0 Å². The molecule has 4 heteroatoms. The van der Waals surface area contributed by atoms with Crippen molar-refractivity contribution in [2.45, 2.75) is 27.7 Å². The molecule has 1 N–H and O–H groups in total. The van der Waals surface area contributed by atoms with Gasteiger partial charge in [0, 0.05) is 11.5 Å². The summed E-state index contributed by atoms with van der Waals surface area (Å²) in [6.45, 7) is 7.14. The second-order valence-corrected chi connectivity index (χ2v) is 3.80. The zero-order valence-electron chi connectivity index (χ0n) is 10.8. The molecular formula is C13H20O4. The van der Waals surface area contributed by atoms with E-state index in [-0.39, 0.29) is 23.4 Å². The van der Waals surface area contributed by atoms with Gasteiger partial charge in [0.25, 0.3) is 0 Å². The summed E-state index contributed by atoms with van der Waals surface area (Å²) in [7, 11) is 0. The number of hydrogen-bond acceptors (Lipinski definition) is 3. The van der Waals surface area contributed by atoms with Gasteiger partial charge >= 0.3 is 11.9 Å². The molecule has 0 aliphatic carbocycles. The van der Waals surface area contributed by atoms with Crippen LogP contribution in [-0.4, -0.2) is 23.7 Å². The highest BCUT2D eigenvalue weighted by atomic mass is 16.5. The van der Waals surface area contributed by atoms with Crippen molar-refractivity contribution in [1.29, 1.82) is 0 Å². The molecule has 17 heavy (non-hydrogen) atoms. The van der Waals surface area contributed by atoms with Crippen LogP contribution in [-0.2, 0) is 14.3 Å². The standard InChI is InChI=1S/C13H20O4/c1-5-7-11(8-9(3)12(14)15)10(4)13(16)17-6-2/h5,7-8,10-11H,6H2,1-4H3,(H,14,15). The fourth-order valence-electron chi connectivity index (χ4n) is 1.38. The van der Waals surface area contributed by atoms with Gasteiger partial charge in [-0.2, -0.15) is 0 Å². The number of hydrogen-bond donors (Lipinski definition) is 1. The van der Waals surface area contributed by atoms with E-state index in [0.29, 0.717) is 6.61 Å². The van der Waals surface area contributed by atoms with Crippen LogP contribution in [0.4, 0.5) is 0 Å². The minimum atomic E-state index is -0.976. The van der Waals surface area contributed by atoms with Gasteiger partial charge in [-0.3, -0.25) is 4.79 Å². The zero-order chi connectivity index (χ0) is 13.4. The Hall–Kier alpha value is -1.58. The van der Waals surface area contributed by atoms with Crippen LogP contribution in [0.2, 0.25) is 0 Å². The van der Waals surface area contributed by atoms with E-state index in [1.54, 1.807) is 32.1 Å². The van der Waals surface area contributed by atoms with Crippen LogP contribution in [0.25, 0.3) is 0 Å². The molecule has 0 spiro atoms. The number of rotatable bonds is 6. The lowest BCUT2D eigenvalue weighted by atomic mass is 9.91. The molecule has 0 saturated carbocycles. The minimum Gasteiger partial charge on any atom is -0.478 e. The second-order valence-electron chi connectivity index (χ2n) is 3.80. The number of carbonyl (C=O) groups excluding carboxylic acids is 1. The summed E-state index contributed by atoms with van der Waals surface area (Å²) in [5, 5.41) is 8.81. The highest BCUT2D eigenvalue weighted by Crippen LogP contribution is 2.18. The van der Waals surface area contributed by atoms with Crippen molar-refractivity contribution in [1.82, 2.24) is 0 Å². The van der Waals surface area contributed by atoms with Gasteiger partial charge in [0.15, 0.2) is 0 Å². The van der Waals surface area contributed by atoms with E-state index in [4.69, 9.17) is 9.84 Å². The third-order valence-electron chi connectivity index (χ3n) is 2.43. The molecular weight excluding hydrogens is 220 g/mol. The molecule has 0 aromatic rings.